The quantitative estimate of drug-likeness (QED) is 0.628. The SMILES string of the molecule is COc1ccc(C)cc1NC(=O)[C@H](C)OC(=O)c1ccc(Cl)cc1N. The maximum atomic E-state index is 12.3. The van der Waals surface area contributed by atoms with Crippen molar-refractivity contribution in [1.29, 1.82) is 0 Å². The lowest BCUT2D eigenvalue weighted by atomic mass is 10.2. The molecular formula is C18H19ClN2O4. The van der Waals surface area contributed by atoms with Crippen LogP contribution in [-0.4, -0.2) is 25.1 Å². The number of methoxy groups -OCH3 is 1. The van der Waals surface area contributed by atoms with Crippen molar-refractivity contribution < 1.29 is 19.1 Å². The van der Waals surface area contributed by atoms with Crippen LogP contribution in [0.15, 0.2) is 36.4 Å². The molecule has 0 aliphatic rings. The Morgan fingerprint density at radius 2 is 1.92 bits per heavy atom. The van der Waals surface area contributed by atoms with Gasteiger partial charge in [-0.25, -0.2) is 4.79 Å². The van der Waals surface area contributed by atoms with E-state index in [1.54, 1.807) is 12.1 Å². The van der Waals surface area contributed by atoms with Crippen LogP contribution in [0.1, 0.15) is 22.8 Å². The summed E-state index contributed by atoms with van der Waals surface area (Å²) in [5.74, 6) is -0.669. The Bertz CT molecular complexity index is 808. The molecule has 1 amide bonds. The Morgan fingerprint density at radius 3 is 2.56 bits per heavy atom. The van der Waals surface area contributed by atoms with Crippen molar-refractivity contribution in [2.24, 2.45) is 0 Å². The van der Waals surface area contributed by atoms with E-state index in [4.69, 9.17) is 26.8 Å². The van der Waals surface area contributed by atoms with Gasteiger partial charge < -0.3 is 20.5 Å². The van der Waals surface area contributed by atoms with Crippen LogP contribution >= 0.6 is 11.6 Å². The van der Waals surface area contributed by atoms with Gasteiger partial charge in [-0.2, -0.15) is 0 Å². The number of esters is 1. The van der Waals surface area contributed by atoms with Gasteiger partial charge in [-0.3, -0.25) is 4.79 Å². The number of nitrogens with two attached hydrogens (primary N) is 1. The number of hydrogen-bond acceptors (Lipinski definition) is 5. The summed E-state index contributed by atoms with van der Waals surface area (Å²) in [6, 6.07) is 9.80. The highest BCUT2D eigenvalue weighted by Crippen LogP contribution is 2.25. The van der Waals surface area contributed by atoms with Crippen molar-refractivity contribution in [1.82, 2.24) is 0 Å². The smallest absolute Gasteiger partial charge is 0.341 e. The zero-order chi connectivity index (χ0) is 18.6. The number of hydrogen-bond donors (Lipinski definition) is 2. The molecule has 3 N–H and O–H groups in total. The van der Waals surface area contributed by atoms with E-state index >= 15 is 0 Å². The van der Waals surface area contributed by atoms with Crippen molar-refractivity contribution in [2.75, 3.05) is 18.2 Å². The molecule has 2 aromatic rings. The molecule has 132 valence electrons. The average molecular weight is 363 g/mol. The molecule has 1 atom stereocenters. The summed E-state index contributed by atoms with van der Waals surface area (Å²) in [5, 5.41) is 3.10. The molecule has 0 saturated carbocycles. The number of benzene rings is 2. The van der Waals surface area contributed by atoms with Gasteiger partial charge in [0.05, 0.1) is 18.4 Å². The van der Waals surface area contributed by atoms with Crippen molar-refractivity contribution >= 4 is 34.9 Å². The zero-order valence-corrected chi connectivity index (χ0v) is 14.9. The number of amides is 1. The third kappa shape index (κ3) is 4.64. The largest absolute Gasteiger partial charge is 0.495 e. The minimum absolute atomic E-state index is 0.150. The first-order chi connectivity index (χ1) is 11.8. The summed E-state index contributed by atoms with van der Waals surface area (Å²) >= 11 is 5.80. The predicted molar refractivity (Wildman–Crippen MR) is 97.1 cm³/mol. The second-order valence-electron chi connectivity index (χ2n) is 5.47. The Kier molecular flexibility index (Phi) is 5.88. The summed E-state index contributed by atoms with van der Waals surface area (Å²) in [6.45, 7) is 3.36. The number of aryl methyl sites for hydroxylation is 1. The molecule has 0 spiro atoms. The maximum Gasteiger partial charge on any atom is 0.341 e. The second kappa shape index (κ2) is 7.90. The normalized spacial score (nSPS) is 11.5. The molecule has 0 bridgehead atoms. The highest BCUT2D eigenvalue weighted by atomic mass is 35.5. The van der Waals surface area contributed by atoms with Crippen LogP contribution in [0.3, 0.4) is 0 Å². The van der Waals surface area contributed by atoms with Gasteiger partial charge in [0.2, 0.25) is 0 Å². The lowest BCUT2D eigenvalue weighted by Gasteiger charge is -2.16. The fourth-order valence-electron chi connectivity index (χ4n) is 2.15. The summed E-state index contributed by atoms with van der Waals surface area (Å²) < 4.78 is 10.4. The Balaban J connectivity index is 2.07. The number of anilines is 2. The van der Waals surface area contributed by atoms with Crippen LogP contribution in [0.25, 0.3) is 0 Å². The van der Waals surface area contributed by atoms with Crippen LogP contribution in [0.5, 0.6) is 5.75 Å². The molecule has 0 saturated heterocycles. The van der Waals surface area contributed by atoms with Crippen molar-refractivity contribution in [3.8, 4) is 5.75 Å². The number of carbonyl (C=O) groups is 2. The highest BCUT2D eigenvalue weighted by Gasteiger charge is 2.21. The van der Waals surface area contributed by atoms with Gasteiger partial charge >= 0.3 is 5.97 Å². The molecule has 0 aliphatic heterocycles. The summed E-state index contributed by atoms with van der Waals surface area (Å²) in [4.78, 5) is 24.5. The lowest BCUT2D eigenvalue weighted by molar-refractivity contribution is -0.123. The van der Waals surface area contributed by atoms with E-state index in [2.05, 4.69) is 5.32 Å². The molecule has 25 heavy (non-hydrogen) atoms. The fraction of sp³-hybridized carbons (Fsp3) is 0.222. The maximum absolute atomic E-state index is 12.3. The van der Waals surface area contributed by atoms with E-state index in [-0.39, 0.29) is 11.3 Å². The molecule has 2 aromatic carbocycles. The number of rotatable bonds is 5. The van der Waals surface area contributed by atoms with Crippen molar-refractivity contribution in [3.63, 3.8) is 0 Å². The standard InChI is InChI=1S/C18H19ClN2O4/c1-10-4-7-16(24-3)15(8-10)21-17(22)11(2)25-18(23)13-6-5-12(19)9-14(13)20/h4-9,11H,20H2,1-3H3,(H,21,22)/t11-/m0/s1. The van der Waals surface area contributed by atoms with E-state index < -0.39 is 18.0 Å². The molecule has 0 heterocycles. The van der Waals surface area contributed by atoms with Crippen LogP contribution in [0.2, 0.25) is 5.02 Å². The van der Waals surface area contributed by atoms with Gasteiger partial charge in [0.25, 0.3) is 5.91 Å². The summed E-state index contributed by atoms with van der Waals surface area (Å²) in [6.07, 6.45) is -1.02. The van der Waals surface area contributed by atoms with Gasteiger partial charge in [0, 0.05) is 10.7 Å². The van der Waals surface area contributed by atoms with Gasteiger partial charge in [-0.05, 0) is 49.7 Å². The van der Waals surface area contributed by atoms with Gasteiger partial charge in [-0.15, -0.1) is 0 Å². The van der Waals surface area contributed by atoms with Crippen LogP contribution in [0.4, 0.5) is 11.4 Å². The van der Waals surface area contributed by atoms with Crippen molar-refractivity contribution in [2.45, 2.75) is 20.0 Å². The number of carbonyl (C=O) groups excluding carboxylic acids is 2. The van der Waals surface area contributed by atoms with E-state index in [0.717, 1.165) is 5.56 Å². The Morgan fingerprint density at radius 1 is 1.20 bits per heavy atom. The van der Waals surface area contributed by atoms with Crippen molar-refractivity contribution in [3.05, 3.63) is 52.5 Å². The van der Waals surface area contributed by atoms with E-state index in [1.165, 1.54) is 32.2 Å². The monoisotopic (exact) mass is 362 g/mol. The minimum atomic E-state index is -1.02. The number of nitrogen functional groups attached to an aromatic ring is 1. The number of halogens is 1. The Labute approximate surface area is 150 Å². The van der Waals surface area contributed by atoms with Gasteiger partial charge in [0.1, 0.15) is 5.75 Å². The van der Waals surface area contributed by atoms with Crippen LogP contribution in [0, 0.1) is 6.92 Å². The number of nitrogens with one attached hydrogen (secondary N) is 1. The molecule has 2 rings (SSSR count). The molecule has 0 fully saturated rings. The average Bonchev–Trinajstić information content (AvgIpc) is 2.54. The molecule has 7 heteroatoms. The van der Waals surface area contributed by atoms with E-state index in [0.29, 0.717) is 16.5 Å². The highest BCUT2D eigenvalue weighted by molar-refractivity contribution is 6.31. The second-order valence-corrected chi connectivity index (χ2v) is 5.91. The third-order valence-electron chi connectivity index (χ3n) is 3.50. The molecule has 0 radical (unpaired) electrons. The van der Waals surface area contributed by atoms with Crippen LogP contribution < -0.4 is 15.8 Å². The Hall–Kier alpha value is -2.73. The van der Waals surface area contributed by atoms with Gasteiger partial charge in [0.15, 0.2) is 6.10 Å². The predicted octanol–water partition coefficient (Wildman–Crippen LogP) is 3.42. The third-order valence-corrected chi connectivity index (χ3v) is 3.73. The molecule has 0 aromatic heterocycles. The van der Waals surface area contributed by atoms with Gasteiger partial charge in [-0.1, -0.05) is 17.7 Å². The van der Waals surface area contributed by atoms with E-state index in [9.17, 15) is 9.59 Å². The molecular weight excluding hydrogens is 344 g/mol. The van der Waals surface area contributed by atoms with Crippen LogP contribution in [-0.2, 0) is 9.53 Å². The number of ether oxygens (including phenoxy) is 2. The molecule has 0 aliphatic carbocycles. The zero-order valence-electron chi connectivity index (χ0n) is 14.1. The van der Waals surface area contributed by atoms with E-state index in [1.807, 2.05) is 13.0 Å². The summed E-state index contributed by atoms with van der Waals surface area (Å²) in [5.41, 5.74) is 7.54. The summed E-state index contributed by atoms with van der Waals surface area (Å²) in [7, 11) is 1.51. The molecule has 6 nitrogen and oxygen atoms in total. The first-order valence-corrected chi connectivity index (χ1v) is 7.91. The topological polar surface area (TPSA) is 90.6 Å². The first kappa shape index (κ1) is 18.6. The minimum Gasteiger partial charge on any atom is -0.495 e. The first-order valence-electron chi connectivity index (χ1n) is 7.53. The fourth-order valence-corrected chi connectivity index (χ4v) is 2.33. The molecule has 0 unspecified atom stereocenters. The lowest BCUT2D eigenvalue weighted by Crippen LogP contribution is -2.30.